The number of hydrogen-bond acceptors (Lipinski definition) is 3. The van der Waals surface area contributed by atoms with Gasteiger partial charge in [-0.25, -0.2) is 8.42 Å². The molecule has 0 N–H and O–H groups in total. The van der Waals surface area contributed by atoms with Gasteiger partial charge in [0.2, 0.25) is 0 Å². The van der Waals surface area contributed by atoms with E-state index in [1.54, 1.807) is 12.1 Å². The monoisotopic (exact) mass is 329 g/mol. The fourth-order valence-electron chi connectivity index (χ4n) is 2.96. The van der Waals surface area contributed by atoms with Crippen LogP contribution < -0.4 is 4.31 Å². The number of fused-ring (bicyclic) bond motifs is 1. The molecule has 0 fully saturated rings. The summed E-state index contributed by atoms with van der Waals surface area (Å²) in [6.45, 7) is 4.05. The van der Waals surface area contributed by atoms with Gasteiger partial charge in [0.25, 0.3) is 10.0 Å². The van der Waals surface area contributed by atoms with Crippen molar-refractivity contribution in [1.29, 1.82) is 0 Å². The lowest BCUT2D eigenvalue weighted by molar-refractivity contribution is 0.101. The van der Waals surface area contributed by atoms with Gasteiger partial charge in [-0.2, -0.15) is 0 Å². The van der Waals surface area contributed by atoms with Gasteiger partial charge in [-0.1, -0.05) is 37.3 Å². The number of rotatable bonds is 3. The van der Waals surface area contributed by atoms with Gasteiger partial charge < -0.3 is 0 Å². The lowest BCUT2D eigenvalue weighted by atomic mass is 9.93. The van der Waals surface area contributed by atoms with Crippen LogP contribution in [0.5, 0.6) is 0 Å². The number of ketones is 1. The van der Waals surface area contributed by atoms with E-state index in [4.69, 9.17) is 0 Å². The molecule has 0 aromatic heterocycles. The average molecular weight is 329 g/mol. The van der Waals surface area contributed by atoms with Crippen LogP contribution in [0.3, 0.4) is 0 Å². The highest BCUT2D eigenvalue weighted by Gasteiger charge is 2.31. The van der Waals surface area contributed by atoms with Crippen molar-refractivity contribution in [3.8, 4) is 0 Å². The standard InChI is InChI=1S/C18H19NO3S/c1-13-11-12-19(18-6-4-3-5-17(13)18)23(21,22)16-9-7-15(8-10-16)14(2)20/h3-10,13H,11-12H2,1-2H3. The molecule has 3 rings (SSSR count). The fraction of sp³-hybridized carbons (Fsp3) is 0.278. The predicted molar refractivity (Wildman–Crippen MR) is 90.5 cm³/mol. The highest BCUT2D eigenvalue weighted by atomic mass is 32.2. The van der Waals surface area contributed by atoms with Crippen LogP contribution in [0.25, 0.3) is 0 Å². The molecule has 0 bridgehead atoms. The van der Waals surface area contributed by atoms with Gasteiger partial charge in [-0.05, 0) is 43.0 Å². The Hall–Kier alpha value is -2.14. The molecular weight excluding hydrogens is 310 g/mol. The molecule has 5 heteroatoms. The van der Waals surface area contributed by atoms with Gasteiger partial charge >= 0.3 is 0 Å². The summed E-state index contributed by atoms with van der Waals surface area (Å²) in [5.74, 6) is 0.267. The van der Waals surface area contributed by atoms with Crippen molar-refractivity contribution < 1.29 is 13.2 Å². The van der Waals surface area contributed by atoms with Crippen LogP contribution in [0.15, 0.2) is 53.4 Å². The first-order valence-corrected chi connectivity index (χ1v) is 9.08. The van der Waals surface area contributed by atoms with Gasteiger partial charge in [-0.15, -0.1) is 0 Å². The van der Waals surface area contributed by atoms with E-state index in [1.807, 2.05) is 24.3 Å². The van der Waals surface area contributed by atoms with Gasteiger partial charge in [0.05, 0.1) is 10.6 Å². The lowest BCUT2D eigenvalue weighted by Gasteiger charge is -2.33. The van der Waals surface area contributed by atoms with E-state index in [-0.39, 0.29) is 10.7 Å². The summed E-state index contributed by atoms with van der Waals surface area (Å²) in [4.78, 5) is 11.6. The molecule has 1 unspecified atom stereocenters. The van der Waals surface area contributed by atoms with Crippen molar-refractivity contribution in [2.75, 3.05) is 10.8 Å². The zero-order valence-corrected chi connectivity index (χ0v) is 14.0. The second kappa shape index (κ2) is 5.81. The van der Waals surface area contributed by atoms with Gasteiger partial charge in [0.1, 0.15) is 0 Å². The quantitative estimate of drug-likeness (QED) is 0.809. The molecule has 2 aromatic carbocycles. The molecule has 0 spiro atoms. The van der Waals surface area contributed by atoms with E-state index in [2.05, 4.69) is 6.92 Å². The molecule has 0 radical (unpaired) electrons. The molecule has 0 saturated heterocycles. The van der Waals surface area contributed by atoms with Crippen LogP contribution in [0.4, 0.5) is 5.69 Å². The Bertz CT molecular complexity index is 841. The van der Waals surface area contributed by atoms with Gasteiger partial charge in [0, 0.05) is 12.1 Å². The summed E-state index contributed by atoms with van der Waals surface area (Å²) in [5.41, 5.74) is 2.32. The van der Waals surface area contributed by atoms with Crippen LogP contribution in [-0.2, 0) is 10.0 Å². The summed E-state index contributed by atoms with van der Waals surface area (Å²) < 4.78 is 27.4. The molecule has 0 amide bonds. The Kier molecular flexibility index (Phi) is 3.98. The number of Topliss-reactive ketones (excluding diaryl/α,β-unsaturated/α-hetero) is 1. The van der Waals surface area contributed by atoms with E-state index in [1.165, 1.54) is 23.4 Å². The van der Waals surface area contributed by atoms with Crippen LogP contribution in [-0.4, -0.2) is 20.7 Å². The van der Waals surface area contributed by atoms with Crippen molar-refractivity contribution in [2.24, 2.45) is 0 Å². The van der Waals surface area contributed by atoms with Crippen molar-refractivity contribution in [3.63, 3.8) is 0 Å². The lowest BCUT2D eigenvalue weighted by Crippen LogP contribution is -2.36. The third-order valence-electron chi connectivity index (χ3n) is 4.35. The Morgan fingerprint density at radius 1 is 1.09 bits per heavy atom. The van der Waals surface area contributed by atoms with Gasteiger partial charge in [0.15, 0.2) is 5.78 Å². The average Bonchev–Trinajstić information content (AvgIpc) is 2.55. The van der Waals surface area contributed by atoms with E-state index >= 15 is 0 Å². The number of para-hydroxylation sites is 1. The topological polar surface area (TPSA) is 54.5 Å². The first-order valence-electron chi connectivity index (χ1n) is 7.64. The van der Waals surface area contributed by atoms with E-state index < -0.39 is 10.0 Å². The molecule has 120 valence electrons. The van der Waals surface area contributed by atoms with Crippen molar-refractivity contribution in [1.82, 2.24) is 0 Å². The SMILES string of the molecule is CC(=O)c1ccc(S(=O)(=O)N2CCC(C)c3ccccc32)cc1. The maximum absolute atomic E-state index is 13.0. The second-order valence-corrected chi connectivity index (χ2v) is 7.77. The summed E-state index contributed by atoms with van der Waals surface area (Å²) in [5, 5.41) is 0. The molecule has 23 heavy (non-hydrogen) atoms. The van der Waals surface area contributed by atoms with Crippen LogP contribution in [0.2, 0.25) is 0 Å². The summed E-state index contributed by atoms with van der Waals surface area (Å²) >= 11 is 0. The number of anilines is 1. The molecule has 1 aliphatic heterocycles. The number of nitrogens with zero attached hydrogens (tertiary/aromatic N) is 1. The summed E-state index contributed by atoms with van der Waals surface area (Å²) in [6, 6.07) is 13.8. The first kappa shape index (κ1) is 15.7. The zero-order valence-electron chi connectivity index (χ0n) is 13.2. The Labute approximate surface area is 136 Å². The Morgan fingerprint density at radius 2 is 1.74 bits per heavy atom. The number of hydrogen-bond donors (Lipinski definition) is 0. The van der Waals surface area contributed by atoms with Crippen LogP contribution in [0, 0.1) is 0 Å². The minimum absolute atomic E-state index is 0.0777. The third-order valence-corrected chi connectivity index (χ3v) is 6.18. The third kappa shape index (κ3) is 2.77. The number of sulfonamides is 1. The Balaban J connectivity index is 2.03. The van der Waals surface area contributed by atoms with Crippen molar-refractivity contribution >= 4 is 21.5 Å². The zero-order chi connectivity index (χ0) is 16.6. The highest BCUT2D eigenvalue weighted by molar-refractivity contribution is 7.92. The second-order valence-electron chi connectivity index (χ2n) is 5.91. The Morgan fingerprint density at radius 3 is 2.39 bits per heavy atom. The first-order chi connectivity index (χ1) is 10.9. The molecule has 4 nitrogen and oxygen atoms in total. The van der Waals surface area contributed by atoms with Crippen molar-refractivity contribution in [2.45, 2.75) is 31.1 Å². The number of benzene rings is 2. The maximum atomic E-state index is 13.0. The molecular formula is C18H19NO3S. The predicted octanol–water partition coefficient (Wildman–Crippen LogP) is 3.59. The highest BCUT2D eigenvalue weighted by Crippen LogP contribution is 2.37. The molecule has 1 heterocycles. The molecule has 2 aromatic rings. The number of carbonyl (C=O) groups excluding carboxylic acids is 1. The van der Waals surface area contributed by atoms with E-state index in [0.29, 0.717) is 18.0 Å². The van der Waals surface area contributed by atoms with Gasteiger partial charge in [-0.3, -0.25) is 9.10 Å². The smallest absolute Gasteiger partial charge is 0.264 e. The minimum Gasteiger partial charge on any atom is -0.295 e. The summed E-state index contributed by atoms with van der Waals surface area (Å²) in [6.07, 6.45) is 0.793. The molecule has 0 saturated carbocycles. The van der Waals surface area contributed by atoms with Crippen LogP contribution >= 0.6 is 0 Å². The minimum atomic E-state index is -3.62. The molecule has 1 atom stereocenters. The van der Waals surface area contributed by atoms with Crippen LogP contribution in [0.1, 0.15) is 42.1 Å². The molecule has 1 aliphatic rings. The van der Waals surface area contributed by atoms with E-state index in [0.717, 1.165) is 17.7 Å². The maximum Gasteiger partial charge on any atom is 0.264 e. The fourth-order valence-corrected chi connectivity index (χ4v) is 4.46. The largest absolute Gasteiger partial charge is 0.295 e. The van der Waals surface area contributed by atoms with E-state index in [9.17, 15) is 13.2 Å². The molecule has 0 aliphatic carbocycles. The number of carbonyl (C=O) groups is 1. The van der Waals surface area contributed by atoms with Crippen molar-refractivity contribution in [3.05, 3.63) is 59.7 Å². The summed E-state index contributed by atoms with van der Waals surface area (Å²) in [7, 11) is -3.62. The normalized spacial score (nSPS) is 17.7.